The number of nitrogens with one attached hydrogen (secondary N) is 1. The fourth-order valence-electron chi connectivity index (χ4n) is 2.94. The molecule has 112 valence electrons. The van der Waals surface area contributed by atoms with Gasteiger partial charge in [0.15, 0.2) is 5.76 Å². The predicted octanol–water partition coefficient (Wildman–Crippen LogP) is 1.93. The summed E-state index contributed by atoms with van der Waals surface area (Å²) in [5, 5.41) is 7.82. The van der Waals surface area contributed by atoms with Crippen LogP contribution in [0.15, 0.2) is 10.6 Å². The molecule has 1 saturated heterocycles. The predicted molar refractivity (Wildman–Crippen MR) is 76.3 cm³/mol. The van der Waals surface area contributed by atoms with Gasteiger partial charge >= 0.3 is 0 Å². The van der Waals surface area contributed by atoms with Crippen LogP contribution in [0, 0.1) is 0 Å². The Morgan fingerprint density at radius 2 is 2.30 bits per heavy atom. The molecule has 1 aromatic heterocycles. The van der Waals surface area contributed by atoms with E-state index in [9.17, 15) is 0 Å². The molecule has 0 spiro atoms. The van der Waals surface area contributed by atoms with Gasteiger partial charge in [0.1, 0.15) is 6.61 Å². The average Bonchev–Trinajstić information content (AvgIpc) is 3.19. The highest BCUT2D eigenvalue weighted by Crippen LogP contribution is 2.22. The lowest BCUT2D eigenvalue weighted by Crippen LogP contribution is -2.45. The molecule has 5 heteroatoms. The van der Waals surface area contributed by atoms with Crippen molar-refractivity contribution in [2.24, 2.45) is 0 Å². The Morgan fingerprint density at radius 3 is 3.10 bits per heavy atom. The minimum atomic E-state index is 0.500. The van der Waals surface area contributed by atoms with Gasteiger partial charge < -0.3 is 14.6 Å². The summed E-state index contributed by atoms with van der Waals surface area (Å²) < 4.78 is 10.3. The summed E-state index contributed by atoms with van der Waals surface area (Å²) in [6, 6.07) is 3.45. The second kappa shape index (κ2) is 6.70. The molecular weight excluding hydrogens is 254 g/mol. The van der Waals surface area contributed by atoms with Crippen molar-refractivity contribution < 1.29 is 9.26 Å². The first-order valence-corrected chi connectivity index (χ1v) is 7.76. The first-order valence-electron chi connectivity index (χ1n) is 7.76. The maximum absolute atomic E-state index is 5.27. The SMILES string of the molecule is COCc1cc(CN2CCCCC2CNC2CC2)no1. The molecule has 5 nitrogen and oxygen atoms in total. The fraction of sp³-hybridized carbons (Fsp3) is 0.800. The summed E-state index contributed by atoms with van der Waals surface area (Å²) in [6.07, 6.45) is 6.65. The number of methoxy groups -OCH3 is 1. The molecule has 2 fully saturated rings. The van der Waals surface area contributed by atoms with E-state index in [0.29, 0.717) is 12.6 Å². The Morgan fingerprint density at radius 1 is 1.40 bits per heavy atom. The molecule has 3 rings (SSSR count). The Balaban J connectivity index is 1.54. The van der Waals surface area contributed by atoms with E-state index in [0.717, 1.165) is 30.6 Å². The first-order chi connectivity index (χ1) is 9.85. The van der Waals surface area contributed by atoms with Crippen molar-refractivity contribution in [1.82, 2.24) is 15.4 Å². The molecule has 1 N–H and O–H groups in total. The largest absolute Gasteiger partial charge is 0.377 e. The molecule has 2 heterocycles. The zero-order chi connectivity index (χ0) is 13.8. The van der Waals surface area contributed by atoms with E-state index >= 15 is 0 Å². The van der Waals surface area contributed by atoms with Gasteiger partial charge in [-0.1, -0.05) is 11.6 Å². The highest BCUT2D eigenvalue weighted by atomic mass is 16.5. The second-order valence-electron chi connectivity index (χ2n) is 6.02. The van der Waals surface area contributed by atoms with E-state index in [2.05, 4.69) is 15.4 Å². The van der Waals surface area contributed by atoms with E-state index in [4.69, 9.17) is 9.26 Å². The van der Waals surface area contributed by atoms with Gasteiger partial charge in [-0.2, -0.15) is 0 Å². The Kier molecular flexibility index (Phi) is 4.70. The molecule has 2 aliphatic rings. The summed E-state index contributed by atoms with van der Waals surface area (Å²) in [5.41, 5.74) is 1.02. The summed E-state index contributed by atoms with van der Waals surface area (Å²) in [7, 11) is 1.67. The second-order valence-corrected chi connectivity index (χ2v) is 6.02. The van der Waals surface area contributed by atoms with E-state index in [1.54, 1.807) is 7.11 Å². The lowest BCUT2D eigenvalue weighted by molar-refractivity contribution is 0.133. The lowest BCUT2D eigenvalue weighted by Gasteiger charge is -2.35. The van der Waals surface area contributed by atoms with Crippen LogP contribution in [0.5, 0.6) is 0 Å². The maximum Gasteiger partial charge on any atom is 0.162 e. The molecule has 1 aliphatic heterocycles. The van der Waals surface area contributed by atoms with E-state index in [-0.39, 0.29) is 0 Å². The first kappa shape index (κ1) is 14.0. The van der Waals surface area contributed by atoms with Gasteiger partial charge in [0.2, 0.25) is 0 Å². The van der Waals surface area contributed by atoms with Crippen LogP contribution in [-0.2, 0) is 17.9 Å². The monoisotopic (exact) mass is 279 g/mol. The van der Waals surface area contributed by atoms with Crippen molar-refractivity contribution in [2.75, 3.05) is 20.2 Å². The molecule has 1 saturated carbocycles. The zero-order valence-corrected chi connectivity index (χ0v) is 12.3. The van der Waals surface area contributed by atoms with Crippen molar-refractivity contribution in [3.63, 3.8) is 0 Å². The van der Waals surface area contributed by atoms with Gasteiger partial charge in [0.05, 0.1) is 5.69 Å². The van der Waals surface area contributed by atoms with Crippen LogP contribution in [-0.4, -0.2) is 42.3 Å². The third-order valence-electron chi connectivity index (χ3n) is 4.23. The number of likely N-dealkylation sites (tertiary alicyclic amines) is 1. The van der Waals surface area contributed by atoms with Crippen molar-refractivity contribution in [3.05, 3.63) is 17.5 Å². The summed E-state index contributed by atoms with van der Waals surface area (Å²) >= 11 is 0. The summed E-state index contributed by atoms with van der Waals surface area (Å²) in [4.78, 5) is 2.55. The topological polar surface area (TPSA) is 50.5 Å². The fourth-order valence-corrected chi connectivity index (χ4v) is 2.94. The van der Waals surface area contributed by atoms with Crippen LogP contribution < -0.4 is 5.32 Å². The Hall–Kier alpha value is -0.910. The maximum atomic E-state index is 5.27. The Labute approximate surface area is 120 Å². The molecule has 20 heavy (non-hydrogen) atoms. The normalized spacial score (nSPS) is 24.1. The van der Waals surface area contributed by atoms with Crippen LogP contribution in [0.3, 0.4) is 0 Å². The van der Waals surface area contributed by atoms with Gasteiger partial charge in [0.25, 0.3) is 0 Å². The molecule has 1 aliphatic carbocycles. The molecule has 1 atom stereocenters. The quantitative estimate of drug-likeness (QED) is 0.826. The van der Waals surface area contributed by atoms with Gasteiger partial charge in [-0.15, -0.1) is 0 Å². The van der Waals surface area contributed by atoms with Crippen molar-refractivity contribution in [3.8, 4) is 0 Å². The number of piperidine rings is 1. The van der Waals surface area contributed by atoms with Crippen molar-refractivity contribution in [1.29, 1.82) is 0 Å². The number of hydrogen-bond acceptors (Lipinski definition) is 5. The summed E-state index contributed by atoms with van der Waals surface area (Å²) in [5.74, 6) is 0.812. The molecule has 1 aromatic rings. The van der Waals surface area contributed by atoms with Crippen LogP contribution in [0.1, 0.15) is 43.6 Å². The number of aromatic nitrogens is 1. The van der Waals surface area contributed by atoms with Crippen molar-refractivity contribution >= 4 is 0 Å². The van der Waals surface area contributed by atoms with E-state index in [1.807, 2.05) is 6.07 Å². The minimum Gasteiger partial charge on any atom is -0.377 e. The molecular formula is C15H25N3O2. The third kappa shape index (κ3) is 3.81. The Bertz CT molecular complexity index is 417. The smallest absolute Gasteiger partial charge is 0.162 e. The van der Waals surface area contributed by atoms with Gasteiger partial charge in [-0.3, -0.25) is 4.90 Å². The molecule has 0 amide bonds. The third-order valence-corrected chi connectivity index (χ3v) is 4.23. The van der Waals surface area contributed by atoms with Crippen LogP contribution in [0.2, 0.25) is 0 Å². The molecule has 0 bridgehead atoms. The van der Waals surface area contributed by atoms with Crippen LogP contribution >= 0.6 is 0 Å². The molecule has 0 radical (unpaired) electrons. The number of hydrogen-bond donors (Lipinski definition) is 1. The highest BCUT2D eigenvalue weighted by molar-refractivity contribution is 5.05. The van der Waals surface area contributed by atoms with Crippen LogP contribution in [0.4, 0.5) is 0 Å². The van der Waals surface area contributed by atoms with Crippen LogP contribution in [0.25, 0.3) is 0 Å². The van der Waals surface area contributed by atoms with Gasteiger partial charge in [-0.25, -0.2) is 0 Å². The van der Waals surface area contributed by atoms with E-state index < -0.39 is 0 Å². The van der Waals surface area contributed by atoms with Crippen molar-refractivity contribution in [2.45, 2.75) is 57.3 Å². The summed E-state index contributed by atoms with van der Waals surface area (Å²) in [6.45, 7) is 3.68. The van der Waals surface area contributed by atoms with E-state index in [1.165, 1.54) is 38.6 Å². The number of rotatable bonds is 7. The minimum absolute atomic E-state index is 0.500. The highest BCUT2D eigenvalue weighted by Gasteiger charge is 2.26. The van der Waals surface area contributed by atoms with Gasteiger partial charge in [-0.05, 0) is 32.2 Å². The standard InChI is InChI=1S/C15H25N3O2/c1-19-11-15-8-13(17-20-15)10-18-7-3-2-4-14(18)9-16-12-5-6-12/h8,12,14,16H,2-7,9-11H2,1H3. The lowest BCUT2D eigenvalue weighted by atomic mass is 10.0. The molecule has 0 aromatic carbocycles. The number of ether oxygens (including phenoxy) is 1. The average molecular weight is 279 g/mol. The molecule has 1 unspecified atom stereocenters. The number of nitrogens with zero attached hydrogens (tertiary/aromatic N) is 2. The zero-order valence-electron chi connectivity index (χ0n) is 12.3. The van der Waals surface area contributed by atoms with Gasteiger partial charge in [0, 0.05) is 38.3 Å².